The lowest BCUT2D eigenvalue weighted by Crippen LogP contribution is -2.11. The summed E-state index contributed by atoms with van der Waals surface area (Å²) in [6.45, 7) is 0. The molecule has 2 heterocycles. The van der Waals surface area contributed by atoms with Gasteiger partial charge in [-0.15, -0.1) is 11.3 Å². The Labute approximate surface area is 125 Å². The van der Waals surface area contributed by atoms with Crippen molar-refractivity contribution in [2.75, 3.05) is 5.75 Å². The van der Waals surface area contributed by atoms with Crippen molar-refractivity contribution in [2.45, 2.75) is 25.0 Å². The van der Waals surface area contributed by atoms with Gasteiger partial charge in [0.25, 0.3) is 0 Å². The Morgan fingerprint density at radius 1 is 1.55 bits per heavy atom. The number of aromatic nitrogens is 1. The molecule has 3 rings (SSSR count). The van der Waals surface area contributed by atoms with E-state index in [1.165, 1.54) is 0 Å². The average Bonchev–Trinajstić information content (AvgIpc) is 2.86. The number of carbonyl (C=O) groups is 1. The molecule has 1 aliphatic carbocycles. The lowest BCUT2D eigenvalue weighted by molar-refractivity contribution is -0.138. The van der Waals surface area contributed by atoms with E-state index in [0.717, 1.165) is 40.7 Å². The van der Waals surface area contributed by atoms with Crippen molar-refractivity contribution in [3.05, 3.63) is 29.3 Å². The van der Waals surface area contributed by atoms with Crippen LogP contribution in [0.15, 0.2) is 28.1 Å². The number of thioether (sulfide) groups is 1. The Hall–Kier alpha value is -1.27. The fraction of sp³-hybridized carbons (Fsp3) is 0.429. The molecule has 1 aliphatic rings. The molecular formula is C14H15NO3S2. The maximum Gasteiger partial charge on any atom is 0.303 e. The number of aliphatic carboxylic acids is 1. The van der Waals surface area contributed by atoms with Crippen molar-refractivity contribution >= 4 is 29.1 Å². The molecule has 106 valence electrons. The molecule has 2 aromatic heterocycles. The highest BCUT2D eigenvalue weighted by Gasteiger charge is 2.44. The largest absolute Gasteiger partial charge is 0.481 e. The Balaban J connectivity index is 1.51. The first-order valence-electron chi connectivity index (χ1n) is 6.46. The summed E-state index contributed by atoms with van der Waals surface area (Å²) < 4.78 is 5.32. The van der Waals surface area contributed by atoms with Gasteiger partial charge in [-0.2, -0.15) is 11.8 Å². The molecule has 0 saturated heterocycles. The summed E-state index contributed by atoms with van der Waals surface area (Å²) in [5, 5.41) is 15.0. The van der Waals surface area contributed by atoms with Crippen LogP contribution in [0.3, 0.4) is 0 Å². The van der Waals surface area contributed by atoms with Crippen molar-refractivity contribution < 1.29 is 14.4 Å². The minimum Gasteiger partial charge on any atom is -0.481 e. The van der Waals surface area contributed by atoms with E-state index in [4.69, 9.17) is 9.63 Å². The summed E-state index contributed by atoms with van der Waals surface area (Å²) >= 11 is 3.37. The van der Waals surface area contributed by atoms with Gasteiger partial charge in [0.1, 0.15) is 0 Å². The minimum absolute atomic E-state index is 0.0385. The van der Waals surface area contributed by atoms with Crippen molar-refractivity contribution in [3.8, 4) is 10.6 Å². The van der Waals surface area contributed by atoms with Crippen LogP contribution < -0.4 is 0 Å². The van der Waals surface area contributed by atoms with Crippen LogP contribution in [0.2, 0.25) is 0 Å². The van der Waals surface area contributed by atoms with Gasteiger partial charge in [-0.25, -0.2) is 0 Å². The van der Waals surface area contributed by atoms with Gasteiger partial charge in [0, 0.05) is 11.8 Å². The van der Waals surface area contributed by atoms with Gasteiger partial charge >= 0.3 is 5.97 Å². The standard InChI is InChI=1S/C14H15NO3S2/c16-13(17)7-14(3-4-14)9-19-8-10-6-11(18-15-10)12-2-1-5-20-12/h1-2,5-6H,3-4,7-9H2,(H,16,17). The zero-order valence-corrected chi connectivity index (χ0v) is 12.5. The topological polar surface area (TPSA) is 63.3 Å². The Bertz CT molecular complexity index is 587. The van der Waals surface area contributed by atoms with Crippen LogP contribution in [0.1, 0.15) is 25.0 Å². The summed E-state index contributed by atoms with van der Waals surface area (Å²) in [7, 11) is 0. The van der Waals surface area contributed by atoms with Crippen LogP contribution in [0.5, 0.6) is 0 Å². The predicted octanol–water partition coefficient (Wildman–Crippen LogP) is 3.89. The SMILES string of the molecule is O=C(O)CC1(CSCc2cc(-c3cccs3)on2)CC1. The van der Waals surface area contributed by atoms with E-state index in [1.54, 1.807) is 23.1 Å². The molecule has 20 heavy (non-hydrogen) atoms. The Kier molecular flexibility index (Phi) is 3.85. The minimum atomic E-state index is -0.690. The molecule has 4 nitrogen and oxygen atoms in total. The van der Waals surface area contributed by atoms with Gasteiger partial charge in [0.2, 0.25) is 0 Å². The third-order valence-corrected chi connectivity index (χ3v) is 5.67. The molecule has 0 bridgehead atoms. The van der Waals surface area contributed by atoms with Crippen LogP contribution in [0.4, 0.5) is 0 Å². The number of nitrogens with zero attached hydrogens (tertiary/aromatic N) is 1. The summed E-state index contributed by atoms with van der Waals surface area (Å²) in [5.74, 6) is 1.78. The zero-order chi connectivity index (χ0) is 14.0. The second kappa shape index (κ2) is 5.61. The van der Waals surface area contributed by atoms with Crippen LogP contribution in [-0.4, -0.2) is 22.0 Å². The van der Waals surface area contributed by atoms with Crippen molar-refractivity contribution in [3.63, 3.8) is 0 Å². The molecule has 1 saturated carbocycles. The number of carboxylic acid groups (broad SMARTS) is 1. The zero-order valence-electron chi connectivity index (χ0n) is 10.9. The second-order valence-electron chi connectivity index (χ2n) is 5.22. The van der Waals surface area contributed by atoms with E-state index >= 15 is 0 Å². The molecule has 0 aromatic carbocycles. The third kappa shape index (κ3) is 3.24. The molecule has 1 N–H and O–H groups in total. The van der Waals surface area contributed by atoms with E-state index < -0.39 is 5.97 Å². The van der Waals surface area contributed by atoms with Gasteiger partial charge < -0.3 is 9.63 Å². The normalized spacial score (nSPS) is 16.2. The molecule has 0 atom stereocenters. The van der Waals surface area contributed by atoms with Gasteiger partial charge in [0.05, 0.1) is 17.0 Å². The smallest absolute Gasteiger partial charge is 0.303 e. The maximum absolute atomic E-state index is 10.8. The number of rotatable bonds is 7. The molecule has 0 amide bonds. The summed E-state index contributed by atoms with van der Waals surface area (Å²) in [4.78, 5) is 11.9. The van der Waals surface area contributed by atoms with Crippen LogP contribution >= 0.6 is 23.1 Å². The van der Waals surface area contributed by atoms with E-state index in [-0.39, 0.29) is 5.41 Å². The quantitative estimate of drug-likeness (QED) is 0.840. The van der Waals surface area contributed by atoms with Crippen LogP contribution in [-0.2, 0) is 10.5 Å². The van der Waals surface area contributed by atoms with E-state index in [9.17, 15) is 4.79 Å². The van der Waals surface area contributed by atoms with Gasteiger partial charge in [-0.05, 0) is 35.5 Å². The molecule has 0 spiro atoms. The van der Waals surface area contributed by atoms with Crippen molar-refractivity contribution in [1.82, 2.24) is 5.16 Å². The van der Waals surface area contributed by atoms with Crippen LogP contribution in [0, 0.1) is 5.41 Å². The highest BCUT2D eigenvalue weighted by atomic mass is 32.2. The molecule has 6 heteroatoms. The summed E-state index contributed by atoms with van der Waals surface area (Å²) in [5.41, 5.74) is 0.959. The first-order chi connectivity index (χ1) is 9.67. The Morgan fingerprint density at radius 3 is 3.05 bits per heavy atom. The summed E-state index contributed by atoms with van der Waals surface area (Å²) in [6.07, 6.45) is 2.36. The maximum atomic E-state index is 10.8. The van der Waals surface area contributed by atoms with Gasteiger partial charge in [0.15, 0.2) is 5.76 Å². The third-order valence-electron chi connectivity index (χ3n) is 3.46. The number of hydrogen-bond acceptors (Lipinski definition) is 5. The molecular weight excluding hydrogens is 294 g/mol. The fourth-order valence-corrected chi connectivity index (χ4v) is 4.10. The van der Waals surface area contributed by atoms with E-state index in [1.807, 2.05) is 23.6 Å². The monoisotopic (exact) mass is 309 g/mol. The number of carboxylic acids is 1. The predicted molar refractivity (Wildman–Crippen MR) is 79.9 cm³/mol. The number of hydrogen-bond donors (Lipinski definition) is 1. The first kappa shape index (κ1) is 13.7. The highest BCUT2D eigenvalue weighted by molar-refractivity contribution is 7.98. The molecule has 1 fully saturated rings. The molecule has 2 aromatic rings. The number of thiophene rings is 1. The van der Waals surface area contributed by atoms with Crippen molar-refractivity contribution in [2.24, 2.45) is 5.41 Å². The molecule has 0 unspecified atom stereocenters. The van der Waals surface area contributed by atoms with Gasteiger partial charge in [-0.3, -0.25) is 4.79 Å². The lowest BCUT2D eigenvalue weighted by Gasteiger charge is -2.10. The summed E-state index contributed by atoms with van der Waals surface area (Å²) in [6, 6.07) is 5.96. The van der Waals surface area contributed by atoms with E-state index in [2.05, 4.69) is 5.16 Å². The van der Waals surface area contributed by atoms with Gasteiger partial charge in [-0.1, -0.05) is 11.2 Å². The first-order valence-corrected chi connectivity index (χ1v) is 8.49. The van der Waals surface area contributed by atoms with E-state index in [0.29, 0.717) is 6.42 Å². The average molecular weight is 309 g/mol. The van der Waals surface area contributed by atoms with Crippen molar-refractivity contribution in [1.29, 1.82) is 0 Å². The fourth-order valence-electron chi connectivity index (χ4n) is 2.16. The Morgan fingerprint density at radius 2 is 2.40 bits per heavy atom. The highest BCUT2D eigenvalue weighted by Crippen LogP contribution is 2.51. The lowest BCUT2D eigenvalue weighted by atomic mass is 10.1. The molecule has 0 radical (unpaired) electrons. The second-order valence-corrected chi connectivity index (χ2v) is 7.16. The van der Waals surface area contributed by atoms with Crippen LogP contribution in [0.25, 0.3) is 10.6 Å². The molecule has 0 aliphatic heterocycles.